The van der Waals surface area contributed by atoms with Gasteiger partial charge in [0, 0.05) is 24.3 Å². The number of carbonyl (C=O) groups is 2. The highest BCUT2D eigenvalue weighted by molar-refractivity contribution is 5.79. The van der Waals surface area contributed by atoms with Crippen LogP contribution in [0.4, 0.5) is 10.1 Å². The lowest BCUT2D eigenvalue weighted by Gasteiger charge is -2.33. The minimum atomic E-state index is -1.35. The lowest BCUT2D eigenvalue weighted by molar-refractivity contribution is -0.152. The minimum absolute atomic E-state index is 0.149. The van der Waals surface area contributed by atoms with Crippen molar-refractivity contribution in [1.29, 1.82) is 0 Å². The molecule has 3 rings (SSSR count). The molecule has 35 heavy (non-hydrogen) atoms. The number of anilines is 1. The second kappa shape index (κ2) is 11.6. The van der Waals surface area contributed by atoms with Crippen molar-refractivity contribution in [3.8, 4) is 5.75 Å². The fourth-order valence-electron chi connectivity index (χ4n) is 4.41. The van der Waals surface area contributed by atoms with Gasteiger partial charge in [0.15, 0.2) is 5.60 Å². The average Bonchev–Trinajstić information content (AvgIpc) is 2.80. The highest BCUT2D eigenvalue weighted by Gasteiger charge is 2.29. The molecule has 2 aromatic rings. The van der Waals surface area contributed by atoms with Crippen molar-refractivity contribution in [2.24, 2.45) is 5.92 Å². The molecule has 1 heterocycles. The van der Waals surface area contributed by atoms with Crippen molar-refractivity contribution in [3.05, 3.63) is 59.4 Å². The molecule has 0 bridgehead atoms. The average molecular weight is 485 g/mol. The molecule has 1 unspecified atom stereocenters. The van der Waals surface area contributed by atoms with E-state index in [1.165, 1.54) is 26.3 Å². The van der Waals surface area contributed by atoms with Crippen LogP contribution in [0.5, 0.6) is 5.75 Å². The summed E-state index contributed by atoms with van der Waals surface area (Å²) in [5, 5.41) is 12.4. The summed E-state index contributed by atoms with van der Waals surface area (Å²) in [7, 11) is 0. The fraction of sp³-hybridized carbons (Fsp3) is 0.500. The van der Waals surface area contributed by atoms with Gasteiger partial charge in [0.25, 0.3) is 0 Å². The number of nitrogens with one attached hydrogen (secondary N) is 1. The number of hydrogen-bond donors (Lipinski definition) is 2. The molecule has 2 aromatic carbocycles. The number of piperidine rings is 1. The van der Waals surface area contributed by atoms with Crippen molar-refractivity contribution in [3.63, 3.8) is 0 Å². The number of carbonyl (C=O) groups excluding carboxylic acids is 1. The molecule has 0 aromatic heterocycles. The molecule has 0 saturated carbocycles. The molecule has 1 fully saturated rings. The van der Waals surface area contributed by atoms with Gasteiger partial charge in [0.05, 0.1) is 12.5 Å². The first-order chi connectivity index (χ1) is 16.5. The monoisotopic (exact) mass is 484 g/mol. The van der Waals surface area contributed by atoms with Crippen molar-refractivity contribution in [2.75, 3.05) is 18.0 Å². The zero-order valence-electron chi connectivity index (χ0n) is 21.1. The first-order valence-corrected chi connectivity index (χ1v) is 12.4. The van der Waals surface area contributed by atoms with Gasteiger partial charge in [-0.3, -0.25) is 4.79 Å². The predicted molar refractivity (Wildman–Crippen MR) is 135 cm³/mol. The van der Waals surface area contributed by atoms with Crippen LogP contribution in [0, 0.1) is 11.7 Å². The summed E-state index contributed by atoms with van der Waals surface area (Å²) >= 11 is 0. The second-order valence-corrected chi connectivity index (χ2v) is 10.2. The van der Waals surface area contributed by atoms with E-state index in [4.69, 9.17) is 4.74 Å². The fourth-order valence-corrected chi connectivity index (χ4v) is 4.41. The van der Waals surface area contributed by atoms with E-state index >= 15 is 0 Å². The summed E-state index contributed by atoms with van der Waals surface area (Å²) in [5.41, 5.74) is 1.26. The van der Waals surface area contributed by atoms with E-state index in [9.17, 15) is 19.1 Å². The van der Waals surface area contributed by atoms with Gasteiger partial charge in [-0.1, -0.05) is 26.0 Å². The molecule has 190 valence electrons. The van der Waals surface area contributed by atoms with Crippen LogP contribution in [0.15, 0.2) is 42.5 Å². The van der Waals surface area contributed by atoms with Gasteiger partial charge in [0.2, 0.25) is 5.91 Å². The Hall–Kier alpha value is -3.09. The Morgan fingerprint density at radius 3 is 2.34 bits per heavy atom. The molecule has 1 aliphatic rings. The highest BCUT2D eigenvalue weighted by Crippen LogP contribution is 2.33. The maximum absolute atomic E-state index is 14.3. The molecule has 1 saturated heterocycles. The maximum atomic E-state index is 14.3. The zero-order chi connectivity index (χ0) is 25.6. The number of ether oxygens (including phenoxy) is 1. The number of amides is 1. The number of carboxylic acids is 1. The Labute approximate surface area is 207 Å². The van der Waals surface area contributed by atoms with Gasteiger partial charge >= 0.3 is 5.97 Å². The van der Waals surface area contributed by atoms with E-state index in [1.54, 1.807) is 30.3 Å². The van der Waals surface area contributed by atoms with E-state index in [1.807, 2.05) is 6.07 Å². The van der Waals surface area contributed by atoms with Crippen LogP contribution in [-0.4, -0.2) is 35.7 Å². The Bertz CT molecular complexity index is 1010. The normalized spacial score (nSPS) is 15.1. The summed E-state index contributed by atoms with van der Waals surface area (Å²) in [4.78, 5) is 26.6. The third kappa shape index (κ3) is 7.44. The molecule has 0 spiro atoms. The summed E-state index contributed by atoms with van der Waals surface area (Å²) in [6, 6.07) is 11.4. The summed E-state index contributed by atoms with van der Waals surface area (Å²) in [6.45, 7) is 9.03. The van der Waals surface area contributed by atoms with Crippen molar-refractivity contribution >= 4 is 17.6 Å². The lowest BCUT2D eigenvalue weighted by atomic mass is 9.94. The number of nitrogens with zero attached hydrogens (tertiary/aromatic N) is 1. The molecule has 6 nitrogen and oxygen atoms in total. The SMILES string of the molecule is CC(C)CC(NC(=O)Cc1ccc(OC(C)(C)C(=O)O)cc1)c1cc(F)ccc1N1CCCCC1. The number of aliphatic carboxylic acids is 1. The third-order valence-corrected chi connectivity index (χ3v) is 6.28. The topological polar surface area (TPSA) is 78.9 Å². The van der Waals surface area contributed by atoms with E-state index in [2.05, 4.69) is 24.1 Å². The zero-order valence-corrected chi connectivity index (χ0v) is 21.1. The molecule has 1 atom stereocenters. The molecule has 0 aliphatic carbocycles. The van der Waals surface area contributed by atoms with Crippen LogP contribution < -0.4 is 15.0 Å². The van der Waals surface area contributed by atoms with Crippen LogP contribution in [0.3, 0.4) is 0 Å². The standard InChI is InChI=1S/C28H37FN2O4/c1-19(2)16-24(23-18-21(29)10-13-25(23)31-14-6-5-7-15-31)30-26(32)17-20-8-11-22(12-9-20)35-28(3,4)27(33)34/h8-13,18-19,24H,5-7,14-17H2,1-4H3,(H,30,32)(H,33,34). The van der Waals surface area contributed by atoms with Crippen LogP contribution in [0.1, 0.15) is 70.5 Å². The Morgan fingerprint density at radius 2 is 1.74 bits per heavy atom. The van der Waals surface area contributed by atoms with Crippen LogP contribution in [0.2, 0.25) is 0 Å². The largest absolute Gasteiger partial charge is 0.478 e. The number of carboxylic acid groups (broad SMARTS) is 1. The molecule has 7 heteroatoms. The van der Waals surface area contributed by atoms with E-state index < -0.39 is 11.6 Å². The molecule has 2 N–H and O–H groups in total. The lowest BCUT2D eigenvalue weighted by Crippen LogP contribution is -2.37. The Balaban J connectivity index is 1.74. The predicted octanol–water partition coefficient (Wildman–Crippen LogP) is 5.50. The highest BCUT2D eigenvalue weighted by atomic mass is 19.1. The molecule has 1 amide bonds. The van der Waals surface area contributed by atoms with Crippen molar-refractivity contribution in [1.82, 2.24) is 5.32 Å². The quantitative estimate of drug-likeness (QED) is 0.465. The minimum Gasteiger partial charge on any atom is -0.478 e. The van der Waals surface area contributed by atoms with Crippen LogP contribution >= 0.6 is 0 Å². The number of benzene rings is 2. The molecular formula is C28H37FN2O4. The van der Waals surface area contributed by atoms with E-state index in [0.717, 1.165) is 42.7 Å². The maximum Gasteiger partial charge on any atom is 0.347 e. The van der Waals surface area contributed by atoms with Gasteiger partial charge < -0.3 is 20.1 Å². The summed E-state index contributed by atoms with van der Waals surface area (Å²) in [5.74, 6) is -0.775. The van der Waals surface area contributed by atoms with E-state index in [-0.39, 0.29) is 24.2 Å². The van der Waals surface area contributed by atoms with Gasteiger partial charge in [-0.15, -0.1) is 0 Å². The smallest absolute Gasteiger partial charge is 0.347 e. The van der Waals surface area contributed by atoms with Gasteiger partial charge in [-0.05, 0) is 81.3 Å². The van der Waals surface area contributed by atoms with Crippen molar-refractivity contribution < 1.29 is 23.8 Å². The van der Waals surface area contributed by atoms with Crippen LogP contribution in [0.25, 0.3) is 0 Å². The molecular weight excluding hydrogens is 447 g/mol. The summed E-state index contributed by atoms with van der Waals surface area (Å²) in [6.07, 6.45) is 4.29. The van der Waals surface area contributed by atoms with Crippen LogP contribution in [-0.2, 0) is 16.0 Å². The third-order valence-electron chi connectivity index (χ3n) is 6.28. The first-order valence-electron chi connectivity index (χ1n) is 12.4. The van der Waals surface area contributed by atoms with E-state index in [0.29, 0.717) is 18.1 Å². The second-order valence-electron chi connectivity index (χ2n) is 10.2. The van der Waals surface area contributed by atoms with Gasteiger partial charge in [-0.2, -0.15) is 0 Å². The Kier molecular flexibility index (Phi) is 8.76. The number of hydrogen-bond acceptors (Lipinski definition) is 4. The molecule has 0 radical (unpaired) electrons. The number of rotatable bonds is 10. The summed E-state index contributed by atoms with van der Waals surface area (Å²) < 4.78 is 19.9. The Morgan fingerprint density at radius 1 is 1.09 bits per heavy atom. The van der Waals surface area contributed by atoms with Gasteiger partial charge in [-0.25, -0.2) is 9.18 Å². The molecule has 1 aliphatic heterocycles. The van der Waals surface area contributed by atoms with Gasteiger partial charge in [0.1, 0.15) is 11.6 Å². The number of halogens is 1. The van der Waals surface area contributed by atoms with Crippen molar-refractivity contribution in [2.45, 2.75) is 71.4 Å². The first kappa shape index (κ1) is 26.5.